The minimum atomic E-state index is -0.820. The molecule has 3 rings (SSSR count). The fraction of sp³-hybridized carbons (Fsp3) is 0.316. The van der Waals surface area contributed by atoms with Gasteiger partial charge in [-0.3, -0.25) is 4.79 Å². The second kappa shape index (κ2) is 7.40. The number of nitrogens with one attached hydrogen (secondary N) is 1. The van der Waals surface area contributed by atoms with E-state index in [2.05, 4.69) is 5.32 Å². The van der Waals surface area contributed by atoms with E-state index in [9.17, 15) is 13.6 Å². The topological polar surface area (TPSA) is 55.1 Å². The third-order valence-corrected chi connectivity index (χ3v) is 5.05. The van der Waals surface area contributed by atoms with Crippen LogP contribution in [0, 0.1) is 17.6 Å². The number of halogens is 3. The molecule has 0 aliphatic heterocycles. The Bertz CT molecular complexity index is 791. The Kier molecular flexibility index (Phi) is 5.23. The van der Waals surface area contributed by atoms with Crippen molar-refractivity contribution in [3.05, 3.63) is 64.2 Å². The van der Waals surface area contributed by atoms with Crippen LogP contribution in [-0.2, 0) is 0 Å². The van der Waals surface area contributed by atoms with E-state index >= 15 is 0 Å². The number of carbonyl (C=O) groups excluding carboxylic acids is 1. The van der Waals surface area contributed by atoms with Crippen LogP contribution in [0.15, 0.2) is 36.4 Å². The molecule has 1 fully saturated rings. The van der Waals surface area contributed by atoms with E-state index in [-0.39, 0.29) is 22.1 Å². The lowest BCUT2D eigenvalue weighted by atomic mass is 9.90. The van der Waals surface area contributed by atoms with Crippen molar-refractivity contribution in [1.29, 1.82) is 0 Å². The Labute approximate surface area is 150 Å². The number of nitrogens with two attached hydrogens (primary N) is 1. The second-order valence-corrected chi connectivity index (χ2v) is 6.75. The van der Waals surface area contributed by atoms with Crippen molar-refractivity contribution >= 4 is 23.2 Å². The molecule has 0 radical (unpaired) electrons. The van der Waals surface area contributed by atoms with Crippen molar-refractivity contribution in [2.24, 2.45) is 5.92 Å². The molecule has 1 amide bonds. The largest absolute Gasteiger partial charge is 0.398 e. The molecular formula is C19H19ClF2N2O. The maximum Gasteiger partial charge on any atom is 0.253 e. The van der Waals surface area contributed by atoms with E-state index in [1.165, 1.54) is 6.07 Å². The van der Waals surface area contributed by atoms with Crippen molar-refractivity contribution < 1.29 is 13.6 Å². The van der Waals surface area contributed by atoms with Gasteiger partial charge in [-0.15, -0.1) is 0 Å². The van der Waals surface area contributed by atoms with Crippen molar-refractivity contribution in [1.82, 2.24) is 5.32 Å². The van der Waals surface area contributed by atoms with Gasteiger partial charge in [0.15, 0.2) is 0 Å². The van der Waals surface area contributed by atoms with Crippen molar-refractivity contribution in [3.63, 3.8) is 0 Å². The average molecular weight is 365 g/mol. The number of benzene rings is 2. The molecule has 1 unspecified atom stereocenters. The lowest BCUT2D eigenvalue weighted by Crippen LogP contribution is -2.34. The highest BCUT2D eigenvalue weighted by Crippen LogP contribution is 2.39. The second-order valence-electron chi connectivity index (χ2n) is 6.34. The number of hydrogen-bond donors (Lipinski definition) is 2. The first kappa shape index (κ1) is 17.7. The van der Waals surface area contributed by atoms with Gasteiger partial charge in [0.25, 0.3) is 5.91 Å². The Hall–Kier alpha value is -2.14. The highest BCUT2D eigenvalue weighted by Gasteiger charge is 2.33. The lowest BCUT2D eigenvalue weighted by molar-refractivity contribution is 0.0920. The first-order valence-corrected chi connectivity index (χ1v) is 8.65. The van der Waals surface area contributed by atoms with Gasteiger partial charge in [0, 0.05) is 11.3 Å². The van der Waals surface area contributed by atoms with E-state index in [4.69, 9.17) is 17.3 Å². The molecule has 0 heterocycles. The molecular weight excluding hydrogens is 346 g/mol. The number of carbonyl (C=O) groups is 1. The molecule has 2 aromatic rings. The first-order valence-electron chi connectivity index (χ1n) is 8.27. The third kappa shape index (κ3) is 3.61. The van der Waals surface area contributed by atoms with Gasteiger partial charge in [0.1, 0.15) is 11.6 Å². The van der Waals surface area contributed by atoms with Crippen LogP contribution < -0.4 is 11.1 Å². The molecule has 0 saturated heterocycles. The molecule has 6 heteroatoms. The molecule has 3 N–H and O–H groups in total. The normalized spacial score (nSPS) is 16.0. The summed E-state index contributed by atoms with van der Waals surface area (Å²) in [6, 6.07) is 8.13. The number of para-hydroxylation sites is 1. The summed E-state index contributed by atoms with van der Waals surface area (Å²) in [5, 5.41) is 2.62. The minimum Gasteiger partial charge on any atom is -0.398 e. The van der Waals surface area contributed by atoms with Gasteiger partial charge in [-0.05, 0) is 43.0 Å². The summed E-state index contributed by atoms with van der Waals surface area (Å²) in [6.07, 6.45) is 3.52. The molecule has 2 aromatic carbocycles. The number of amides is 1. The van der Waals surface area contributed by atoms with Crippen LogP contribution in [0.25, 0.3) is 0 Å². The molecule has 1 saturated carbocycles. The maximum absolute atomic E-state index is 14.6. The summed E-state index contributed by atoms with van der Waals surface area (Å²) in [7, 11) is 0. The minimum absolute atomic E-state index is 0.0450. The molecule has 25 heavy (non-hydrogen) atoms. The molecule has 1 atom stereocenters. The summed E-state index contributed by atoms with van der Waals surface area (Å²) in [4.78, 5) is 12.6. The van der Waals surface area contributed by atoms with Crippen LogP contribution in [0.5, 0.6) is 0 Å². The van der Waals surface area contributed by atoms with E-state index in [0.717, 1.165) is 31.7 Å². The van der Waals surface area contributed by atoms with Gasteiger partial charge in [-0.2, -0.15) is 0 Å². The van der Waals surface area contributed by atoms with Crippen LogP contribution in [0.2, 0.25) is 5.02 Å². The van der Waals surface area contributed by atoms with Crippen LogP contribution in [0.3, 0.4) is 0 Å². The summed E-state index contributed by atoms with van der Waals surface area (Å²) >= 11 is 5.84. The van der Waals surface area contributed by atoms with Crippen LogP contribution in [0.1, 0.15) is 47.6 Å². The maximum atomic E-state index is 14.6. The Morgan fingerprint density at radius 2 is 1.84 bits per heavy atom. The Balaban J connectivity index is 1.98. The smallest absolute Gasteiger partial charge is 0.253 e. The summed E-state index contributed by atoms with van der Waals surface area (Å²) in [6.45, 7) is 0. The predicted molar refractivity (Wildman–Crippen MR) is 94.4 cm³/mol. The van der Waals surface area contributed by atoms with Crippen molar-refractivity contribution in [2.45, 2.75) is 31.7 Å². The molecule has 0 bridgehead atoms. The summed E-state index contributed by atoms with van der Waals surface area (Å²) in [5.41, 5.74) is 6.27. The summed E-state index contributed by atoms with van der Waals surface area (Å²) in [5.74, 6) is -2.02. The number of rotatable bonds is 4. The highest BCUT2D eigenvalue weighted by molar-refractivity contribution is 6.30. The van der Waals surface area contributed by atoms with E-state index in [1.54, 1.807) is 24.3 Å². The molecule has 1 aliphatic carbocycles. The third-order valence-electron chi connectivity index (χ3n) is 4.75. The van der Waals surface area contributed by atoms with Gasteiger partial charge >= 0.3 is 0 Å². The highest BCUT2D eigenvalue weighted by atomic mass is 35.5. The van der Waals surface area contributed by atoms with E-state index in [0.29, 0.717) is 5.69 Å². The lowest BCUT2D eigenvalue weighted by Gasteiger charge is -2.26. The molecule has 3 nitrogen and oxygen atoms in total. The summed E-state index contributed by atoms with van der Waals surface area (Å²) < 4.78 is 28.9. The van der Waals surface area contributed by atoms with Crippen LogP contribution in [-0.4, -0.2) is 5.91 Å². The van der Waals surface area contributed by atoms with Gasteiger partial charge in [-0.25, -0.2) is 8.78 Å². The zero-order valence-electron chi connectivity index (χ0n) is 13.6. The number of hydrogen-bond acceptors (Lipinski definition) is 2. The fourth-order valence-electron chi connectivity index (χ4n) is 3.47. The Morgan fingerprint density at radius 3 is 2.52 bits per heavy atom. The zero-order valence-corrected chi connectivity index (χ0v) is 14.3. The monoisotopic (exact) mass is 364 g/mol. The van der Waals surface area contributed by atoms with Gasteiger partial charge in [-0.1, -0.05) is 36.6 Å². The van der Waals surface area contributed by atoms with Gasteiger partial charge in [0.2, 0.25) is 0 Å². The zero-order chi connectivity index (χ0) is 18.0. The van der Waals surface area contributed by atoms with Crippen molar-refractivity contribution in [2.75, 3.05) is 5.73 Å². The quantitative estimate of drug-likeness (QED) is 0.601. The number of nitrogen functional groups attached to an aromatic ring is 1. The molecule has 1 aliphatic rings. The Morgan fingerprint density at radius 1 is 1.16 bits per heavy atom. The van der Waals surface area contributed by atoms with Gasteiger partial charge < -0.3 is 11.1 Å². The van der Waals surface area contributed by atoms with E-state index < -0.39 is 23.6 Å². The van der Waals surface area contributed by atoms with Gasteiger partial charge in [0.05, 0.1) is 16.6 Å². The van der Waals surface area contributed by atoms with E-state index in [1.807, 2.05) is 0 Å². The van der Waals surface area contributed by atoms with Crippen molar-refractivity contribution in [3.8, 4) is 0 Å². The molecule has 0 aromatic heterocycles. The molecule has 0 spiro atoms. The first-order chi connectivity index (χ1) is 12.0. The fourth-order valence-corrected chi connectivity index (χ4v) is 3.63. The SMILES string of the molecule is Nc1ccccc1C(=O)NC(c1c(F)ccc(Cl)c1F)C1CCCC1. The molecule has 132 valence electrons. The van der Waals surface area contributed by atoms with Crippen LogP contribution in [0.4, 0.5) is 14.5 Å². The van der Waals surface area contributed by atoms with Crippen LogP contribution >= 0.6 is 11.6 Å². The number of anilines is 1. The standard InChI is InChI=1S/C19H19ClF2N2O/c20-13-9-10-14(21)16(17(13)22)18(11-5-1-2-6-11)24-19(25)12-7-3-4-8-15(12)23/h3-4,7-11,18H,1-2,5-6,23H2,(H,24,25). The average Bonchev–Trinajstić information content (AvgIpc) is 3.12. The predicted octanol–water partition coefficient (Wildman–Crippen LogP) is 4.86.